The fourth-order valence-corrected chi connectivity index (χ4v) is 92.6. The van der Waals surface area contributed by atoms with E-state index in [0.29, 0.717) is 17.3 Å². The third kappa shape index (κ3) is 0.143. The standard InChI is InChI=1S/C12H13N4O2.C5H5.Fe/c17-12(18)10-5-9(6-13-10)16-7-11(14-15-16)8-3-1-2-4-8;1-2-4-5-3-1;/h1-4,7,9-10,13H,5-6H2,(H,17,18);1-5H;/t9-,10-;;/m0../s1. The zero-order chi connectivity index (χ0) is 15.1. The van der Waals surface area contributed by atoms with Crippen LogP contribution in [-0.4, -0.2) is 38.7 Å². The van der Waals surface area contributed by atoms with Gasteiger partial charge in [0.05, 0.1) is 0 Å². The fourth-order valence-electron chi connectivity index (χ4n) is 18.6. The molecule has 0 aromatic carbocycles. The van der Waals surface area contributed by atoms with Gasteiger partial charge in [-0.1, -0.05) is 0 Å². The van der Waals surface area contributed by atoms with Gasteiger partial charge in [0.2, 0.25) is 0 Å². The van der Waals surface area contributed by atoms with Gasteiger partial charge in [-0.25, -0.2) is 0 Å². The van der Waals surface area contributed by atoms with Crippen LogP contribution in [0, 0.1) is 0 Å². The van der Waals surface area contributed by atoms with Gasteiger partial charge in [-0.15, -0.1) is 0 Å². The van der Waals surface area contributed by atoms with E-state index in [-0.39, 0.29) is 6.04 Å². The Morgan fingerprint density at radius 1 is 1.21 bits per heavy atom. The van der Waals surface area contributed by atoms with Crippen LogP contribution in [-0.2, 0) is 15.6 Å². The molecule has 11 aliphatic heterocycles. The van der Waals surface area contributed by atoms with Crippen molar-refractivity contribution >= 4 is 5.97 Å². The van der Waals surface area contributed by atoms with E-state index in [9.17, 15) is 9.90 Å². The van der Waals surface area contributed by atoms with Crippen molar-refractivity contribution < 1.29 is 16.4 Å². The Labute approximate surface area is 127 Å². The molecular weight excluding hydrogens is 348 g/mol. The molecule has 24 heavy (non-hydrogen) atoms. The van der Waals surface area contributed by atoms with E-state index < -0.39 is 18.5 Å². The number of carboxylic acids is 1. The monoisotopic (exact) mass is 366 g/mol. The first kappa shape index (κ1) is 9.69. The van der Waals surface area contributed by atoms with E-state index in [4.69, 9.17) is 5.10 Å². The number of rotatable bonds is 3. The molecule has 7 heteroatoms. The van der Waals surface area contributed by atoms with Crippen LogP contribution in [0.1, 0.15) is 18.2 Å². The average molecular weight is 366 g/mol. The number of aliphatic carboxylic acids is 1. The Balaban J connectivity index is 1.10. The van der Waals surface area contributed by atoms with E-state index >= 15 is 0 Å². The molecule has 11 saturated heterocycles. The molecule has 11 aliphatic rings. The molecule has 0 amide bonds. The Bertz CT molecular complexity index is 1300. The van der Waals surface area contributed by atoms with Crippen molar-refractivity contribution in [3.8, 4) is 0 Å². The number of nitrogens with one attached hydrogen (secondary N) is 1. The molecule has 0 aliphatic carbocycles. The number of hydrogen-bond acceptors (Lipinski definition) is 4. The zero-order valence-corrected chi connectivity index (χ0v) is 14.0. The summed E-state index contributed by atoms with van der Waals surface area (Å²) in [4.78, 5) is 22.8. The van der Waals surface area contributed by atoms with Gasteiger partial charge in [0.15, 0.2) is 0 Å². The first-order valence-electron chi connectivity index (χ1n) is 9.52. The quantitative estimate of drug-likeness (QED) is 0.801. The zero-order valence-electron chi connectivity index (χ0n) is 12.9. The van der Waals surface area contributed by atoms with Crippen molar-refractivity contribution in [1.82, 2.24) is 20.3 Å². The molecule has 0 bridgehead atoms. The van der Waals surface area contributed by atoms with Crippen molar-refractivity contribution in [3.63, 3.8) is 0 Å². The van der Waals surface area contributed by atoms with Crippen molar-refractivity contribution in [3.05, 3.63) is 11.9 Å². The Morgan fingerprint density at radius 2 is 1.88 bits per heavy atom. The molecule has 126 valence electrons. The number of carboxylic acid groups (broad SMARTS) is 1. The summed E-state index contributed by atoms with van der Waals surface area (Å²) in [5.41, 5.74) is 1.41. The topological polar surface area (TPSA) is 80.0 Å². The van der Waals surface area contributed by atoms with E-state index in [1.807, 2.05) is 4.68 Å². The van der Waals surface area contributed by atoms with Gasteiger partial charge in [0, 0.05) is 0 Å². The Hall–Kier alpha value is -0.911. The molecule has 11 fully saturated rings. The SMILES string of the molecule is O=C(O)[C@@H]1C[C@H](n2cc([C]34[CH]5[CH]6[CH]7[CH]3[Fe]6754389%10[CH]4[CH]3[CH]8[CH]9[CH]4%10)nn2)CN1. The van der Waals surface area contributed by atoms with Crippen LogP contribution in [0.25, 0.3) is 0 Å². The molecule has 0 radical (unpaired) electrons. The van der Waals surface area contributed by atoms with Gasteiger partial charge in [-0.05, 0) is 0 Å². The summed E-state index contributed by atoms with van der Waals surface area (Å²) in [6.07, 6.45) is 2.93. The second kappa shape index (κ2) is 1.02. The number of fused-ring (bicyclic) bond motifs is 10. The second-order valence-corrected chi connectivity index (χ2v) is 36.5. The first-order valence-corrected chi connectivity index (χ1v) is 15.8. The summed E-state index contributed by atoms with van der Waals surface area (Å²) < 4.78 is 2.69. The fraction of sp³-hybridized carbons (Fsp3) is 0.824. The van der Waals surface area contributed by atoms with Gasteiger partial charge in [-0.3, -0.25) is 0 Å². The summed E-state index contributed by atoms with van der Waals surface area (Å²) in [7, 11) is 0. The summed E-state index contributed by atoms with van der Waals surface area (Å²) >= 11 is 0. The molecule has 12 heterocycles. The Morgan fingerprint density at radius 3 is 2.33 bits per heavy atom. The van der Waals surface area contributed by atoms with Crippen LogP contribution in [0.5, 0.6) is 0 Å². The molecule has 2 N–H and O–H groups in total. The number of aromatic nitrogens is 3. The van der Waals surface area contributed by atoms with E-state index in [1.54, 1.807) is 0 Å². The van der Waals surface area contributed by atoms with Crippen molar-refractivity contribution in [2.75, 3.05) is 6.54 Å². The van der Waals surface area contributed by atoms with Crippen LogP contribution in [0.15, 0.2) is 6.20 Å². The summed E-state index contributed by atoms with van der Waals surface area (Å²) in [5, 5.41) is 21.7. The maximum atomic E-state index is 11.2. The van der Waals surface area contributed by atoms with E-state index in [1.165, 1.54) is 49.0 Å². The first-order chi connectivity index (χ1) is 11.4. The predicted molar refractivity (Wildman–Crippen MR) is 78.5 cm³/mol. The number of carbonyl (C=O) groups is 1. The molecule has 0 saturated carbocycles. The number of hydrogen-bond donors (Lipinski definition) is 2. The molecule has 6 atom stereocenters. The van der Waals surface area contributed by atoms with E-state index in [0.717, 1.165) is 0 Å². The molecule has 1 aromatic heterocycles. The van der Waals surface area contributed by atoms with E-state index in [2.05, 4.69) is 16.7 Å². The molecular formula is C17H18FeN4O2. The molecule has 4 unspecified atom stereocenters. The number of nitrogens with zero attached hydrogens (tertiary/aromatic N) is 3. The Kier molecular flexibility index (Phi) is 0.412. The third-order valence-corrected chi connectivity index (χ3v) is 59.7. The van der Waals surface area contributed by atoms with Gasteiger partial charge in [-0.2, -0.15) is 0 Å². The van der Waals surface area contributed by atoms with Crippen LogP contribution < -0.4 is 5.32 Å². The van der Waals surface area contributed by atoms with Crippen LogP contribution in [0.2, 0.25) is 43.3 Å². The van der Waals surface area contributed by atoms with Crippen LogP contribution in [0.3, 0.4) is 0 Å². The summed E-state index contributed by atoms with van der Waals surface area (Å²) in [6.45, 7) is -2.43. The molecule has 1 aromatic rings. The van der Waals surface area contributed by atoms with Gasteiger partial charge < -0.3 is 0 Å². The van der Waals surface area contributed by atoms with Gasteiger partial charge in [0.1, 0.15) is 0 Å². The second-order valence-electron chi connectivity index (χ2n) is 13.0. The maximum absolute atomic E-state index is 11.2. The summed E-state index contributed by atoms with van der Waals surface area (Å²) in [6, 6.07) is -0.255. The normalized spacial score (nSPS) is 97.2. The van der Waals surface area contributed by atoms with Gasteiger partial charge >= 0.3 is 127 Å². The molecule has 6 nitrogen and oxygen atoms in total. The van der Waals surface area contributed by atoms with Crippen molar-refractivity contribution in [2.24, 2.45) is 0 Å². The van der Waals surface area contributed by atoms with Gasteiger partial charge in [0.25, 0.3) is 0 Å². The minimum absolute atomic E-state index is 0.167. The molecule has 12 rings (SSSR count). The summed E-state index contributed by atoms with van der Waals surface area (Å²) in [5.74, 6) is -0.741. The average Bonchev–Trinajstić information content (AvgIpc) is 3.43. The van der Waals surface area contributed by atoms with Crippen molar-refractivity contribution in [1.29, 1.82) is 0 Å². The third-order valence-electron chi connectivity index (χ3n) is 17.4. The van der Waals surface area contributed by atoms with Crippen LogP contribution in [0.4, 0.5) is 0 Å². The minimum atomic E-state index is -3.13. The molecule has 1 spiro atoms. The predicted octanol–water partition coefficient (Wildman–Crippen LogP) is 2.06. The van der Waals surface area contributed by atoms with Crippen LogP contribution >= 0.6 is 0 Å². The van der Waals surface area contributed by atoms with Crippen molar-refractivity contribution in [2.45, 2.75) is 66.2 Å².